The molecule has 0 aliphatic heterocycles. The highest BCUT2D eigenvalue weighted by Crippen LogP contribution is 2.36. The zero-order valence-electron chi connectivity index (χ0n) is 12.4. The number of rotatable bonds is 6. The van der Waals surface area contributed by atoms with E-state index in [1.807, 2.05) is 6.07 Å². The number of benzene rings is 2. The minimum Gasteiger partial charge on any atom is -0.492 e. The van der Waals surface area contributed by atoms with Gasteiger partial charge >= 0.3 is 0 Å². The average Bonchev–Trinajstić information content (AvgIpc) is 2.53. The van der Waals surface area contributed by atoms with Crippen LogP contribution in [0.2, 0.25) is 0 Å². The fourth-order valence-electron chi connectivity index (χ4n) is 2.29. The summed E-state index contributed by atoms with van der Waals surface area (Å²) in [6.07, 6.45) is 2.05. The lowest BCUT2D eigenvalue weighted by Crippen LogP contribution is -2.00. The van der Waals surface area contributed by atoms with Crippen LogP contribution in [0.4, 0.5) is 0 Å². The summed E-state index contributed by atoms with van der Waals surface area (Å²) >= 11 is 7.44. The zero-order valence-corrected chi connectivity index (χ0v) is 15.6. The monoisotopic (exact) mass is 410 g/mol. The summed E-state index contributed by atoms with van der Waals surface area (Å²) in [5.74, 6) is 0.907. The molecule has 1 unspecified atom stereocenters. The van der Waals surface area contributed by atoms with Crippen molar-refractivity contribution in [1.82, 2.24) is 0 Å². The van der Waals surface area contributed by atoms with Crippen LogP contribution in [0.15, 0.2) is 46.9 Å². The molecule has 2 rings (SSSR count). The summed E-state index contributed by atoms with van der Waals surface area (Å²) in [6, 6.07) is 14.9. The molecule has 0 saturated carbocycles. The number of alkyl halides is 1. The zero-order chi connectivity index (χ0) is 15.2. The standard InChI is InChI=1S/C18H20Br2O/c1-3-11-21-17-10-9-14(12-16(17)19)18(20)15-8-6-5-7-13(15)4-2/h5-10,12,18H,3-4,11H2,1-2H3. The Morgan fingerprint density at radius 2 is 1.86 bits per heavy atom. The SMILES string of the molecule is CCCOc1ccc(C(Br)c2ccccc2CC)cc1Br. The minimum absolute atomic E-state index is 0.199. The Morgan fingerprint density at radius 1 is 1.10 bits per heavy atom. The van der Waals surface area contributed by atoms with Crippen molar-refractivity contribution < 1.29 is 4.74 Å². The van der Waals surface area contributed by atoms with Gasteiger partial charge in [0.2, 0.25) is 0 Å². The third kappa shape index (κ3) is 4.10. The summed E-state index contributed by atoms with van der Waals surface area (Å²) in [5.41, 5.74) is 3.93. The van der Waals surface area contributed by atoms with Gasteiger partial charge in [0, 0.05) is 0 Å². The van der Waals surface area contributed by atoms with Crippen molar-refractivity contribution in [2.24, 2.45) is 0 Å². The summed E-state index contributed by atoms with van der Waals surface area (Å²) < 4.78 is 6.72. The predicted octanol–water partition coefficient (Wildman–Crippen LogP) is 6.28. The van der Waals surface area contributed by atoms with Gasteiger partial charge in [0.1, 0.15) is 5.75 Å². The van der Waals surface area contributed by atoms with Crippen LogP contribution in [0.25, 0.3) is 0 Å². The third-order valence-corrected chi connectivity index (χ3v) is 5.06. The molecular weight excluding hydrogens is 392 g/mol. The quantitative estimate of drug-likeness (QED) is 0.508. The van der Waals surface area contributed by atoms with Crippen LogP contribution in [0, 0.1) is 0 Å². The van der Waals surface area contributed by atoms with E-state index in [0.29, 0.717) is 0 Å². The first kappa shape index (κ1) is 16.6. The molecule has 0 heterocycles. The van der Waals surface area contributed by atoms with Crippen LogP contribution in [0.1, 0.15) is 41.8 Å². The van der Waals surface area contributed by atoms with Crippen LogP contribution in [-0.2, 0) is 6.42 Å². The highest BCUT2D eigenvalue weighted by Gasteiger charge is 2.15. The molecule has 0 aliphatic carbocycles. The largest absolute Gasteiger partial charge is 0.492 e. The van der Waals surface area contributed by atoms with Gasteiger partial charge < -0.3 is 4.74 Å². The molecule has 0 aliphatic rings. The summed E-state index contributed by atoms with van der Waals surface area (Å²) in [6.45, 7) is 5.04. The fraction of sp³-hybridized carbons (Fsp3) is 0.333. The van der Waals surface area contributed by atoms with Crippen LogP contribution in [0.3, 0.4) is 0 Å². The Kier molecular flexibility index (Phi) is 6.31. The van der Waals surface area contributed by atoms with Crippen LogP contribution in [-0.4, -0.2) is 6.61 Å². The van der Waals surface area contributed by atoms with Crippen molar-refractivity contribution in [1.29, 1.82) is 0 Å². The van der Waals surface area contributed by atoms with E-state index in [1.165, 1.54) is 16.7 Å². The molecule has 2 aromatic rings. The molecule has 0 saturated heterocycles. The van der Waals surface area contributed by atoms with Gasteiger partial charge in [-0.05, 0) is 57.6 Å². The Labute approximate surface area is 144 Å². The number of aryl methyl sites for hydroxylation is 1. The predicted molar refractivity (Wildman–Crippen MR) is 96.5 cm³/mol. The summed E-state index contributed by atoms with van der Waals surface area (Å²) in [7, 11) is 0. The molecule has 3 heteroatoms. The molecule has 0 aromatic heterocycles. The van der Waals surface area contributed by atoms with Crippen molar-refractivity contribution in [3.63, 3.8) is 0 Å². The van der Waals surface area contributed by atoms with Crippen molar-refractivity contribution in [3.8, 4) is 5.75 Å². The maximum absolute atomic E-state index is 5.71. The molecule has 0 amide bonds. The first-order valence-corrected chi connectivity index (χ1v) is 9.02. The van der Waals surface area contributed by atoms with E-state index in [2.05, 4.69) is 82.1 Å². The Hall–Kier alpha value is -0.800. The van der Waals surface area contributed by atoms with Gasteiger partial charge in [-0.3, -0.25) is 0 Å². The van der Waals surface area contributed by atoms with Gasteiger partial charge in [0.15, 0.2) is 0 Å². The van der Waals surface area contributed by atoms with Gasteiger partial charge in [0.25, 0.3) is 0 Å². The van der Waals surface area contributed by atoms with E-state index in [1.54, 1.807) is 0 Å². The fourth-order valence-corrected chi connectivity index (χ4v) is 3.53. The number of halogens is 2. The van der Waals surface area contributed by atoms with Gasteiger partial charge in [0.05, 0.1) is 15.9 Å². The second-order valence-corrected chi connectivity index (χ2v) is 6.72. The first-order valence-electron chi connectivity index (χ1n) is 7.31. The Morgan fingerprint density at radius 3 is 2.52 bits per heavy atom. The second kappa shape index (κ2) is 8.00. The van der Waals surface area contributed by atoms with Crippen molar-refractivity contribution in [2.75, 3.05) is 6.61 Å². The number of hydrogen-bond acceptors (Lipinski definition) is 1. The van der Waals surface area contributed by atoms with E-state index in [9.17, 15) is 0 Å². The topological polar surface area (TPSA) is 9.23 Å². The van der Waals surface area contributed by atoms with Crippen molar-refractivity contribution >= 4 is 31.9 Å². The maximum Gasteiger partial charge on any atom is 0.133 e. The van der Waals surface area contributed by atoms with Crippen LogP contribution >= 0.6 is 31.9 Å². The molecule has 1 nitrogen and oxygen atoms in total. The summed E-state index contributed by atoms with van der Waals surface area (Å²) in [5, 5.41) is 0. The Balaban J connectivity index is 2.27. The van der Waals surface area contributed by atoms with Gasteiger partial charge in [-0.15, -0.1) is 0 Å². The van der Waals surface area contributed by atoms with Crippen molar-refractivity contribution in [2.45, 2.75) is 31.5 Å². The molecule has 0 fully saturated rings. The van der Waals surface area contributed by atoms with E-state index < -0.39 is 0 Å². The van der Waals surface area contributed by atoms with Gasteiger partial charge in [-0.1, -0.05) is 60.1 Å². The van der Waals surface area contributed by atoms with E-state index >= 15 is 0 Å². The lowest BCUT2D eigenvalue weighted by atomic mass is 9.98. The molecule has 2 aromatic carbocycles. The minimum atomic E-state index is 0.199. The molecule has 21 heavy (non-hydrogen) atoms. The highest BCUT2D eigenvalue weighted by molar-refractivity contribution is 9.10. The van der Waals surface area contributed by atoms with Gasteiger partial charge in [-0.25, -0.2) is 0 Å². The molecular formula is C18H20Br2O. The van der Waals surface area contributed by atoms with Crippen LogP contribution < -0.4 is 4.74 Å². The lowest BCUT2D eigenvalue weighted by Gasteiger charge is -2.16. The molecule has 1 atom stereocenters. The number of ether oxygens (including phenoxy) is 1. The van der Waals surface area contributed by atoms with Crippen LogP contribution in [0.5, 0.6) is 5.75 Å². The van der Waals surface area contributed by atoms with Crippen molar-refractivity contribution in [3.05, 3.63) is 63.6 Å². The maximum atomic E-state index is 5.71. The molecule has 0 bridgehead atoms. The molecule has 0 N–H and O–H groups in total. The van der Waals surface area contributed by atoms with Gasteiger partial charge in [-0.2, -0.15) is 0 Å². The van der Waals surface area contributed by atoms with E-state index in [-0.39, 0.29) is 4.83 Å². The van der Waals surface area contributed by atoms with E-state index in [0.717, 1.165) is 29.7 Å². The smallest absolute Gasteiger partial charge is 0.133 e. The molecule has 0 radical (unpaired) electrons. The normalized spacial score (nSPS) is 12.2. The average molecular weight is 412 g/mol. The molecule has 0 spiro atoms. The highest BCUT2D eigenvalue weighted by atomic mass is 79.9. The third-order valence-electron chi connectivity index (χ3n) is 3.42. The lowest BCUT2D eigenvalue weighted by molar-refractivity contribution is 0.315. The molecule has 112 valence electrons. The number of hydrogen-bond donors (Lipinski definition) is 0. The Bertz CT molecular complexity index is 596. The second-order valence-electron chi connectivity index (χ2n) is 4.95. The summed E-state index contributed by atoms with van der Waals surface area (Å²) in [4.78, 5) is 0.199. The first-order chi connectivity index (χ1) is 10.2. The van der Waals surface area contributed by atoms with E-state index in [4.69, 9.17) is 4.74 Å².